The minimum atomic E-state index is -3.13. The highest BCUT2D eigenvalue weighted by Crippen LogP contribution is 1.92. The van der Waals surface area contributed by atoms with E-state index in [2.05, 4.69) is 10.6 Å². The zero-order chi connectivity index (χ0) is 20.3. The van der Waals surface area contributed by atoms with Gasteiger partial charge in [-0.05, 0) is 32.2 Å². The highest BCUT2D eigenvalue weighted by molar-refractivity contribution is 6.22. The average molecular weight is 382 g/mol. The fraction of sp³-hybridized carbons (Fsp3) is 0.727. The first-order valence-electron chi connectivity index (χ1n) is 7.30. The van der Waals surface area contributed by atoms with E-state index >= 15 is 0 Å². The molecule has 0 radical (unpaired) electrons. The van der Waals surface area contributed by atoms with Crippen LogP contribution < -0.4 is 33.6 Å². The van der Waals surface area contributed by atoms with Crippen LogP contribution in [0, 0.1) is 10.8 Å². The van der Waals surface area contributed by atoms with Crippen LogP contribution in [-0.2, 0) is 9.26 Å². The summed E-state index contributed by atoms with van der Waals surface area (Å²) in [6.45, 7) is 1.95. The van der Waals surface area contributed by atoms with Gasteiger partial charge in [0.05, 0.1) is 0 Å². The number of carbonyl (C=O) groups is 1. The summed E-state index contributed by atoms with van der Waals surface area (Å²) in [6, 6.07) is -0.821. The standard InChI is InChI=1S/C6H14N4O2.C5H14N4.H2O3Si/c7-4(5(11)12)2-1-3-10-6(8)9;6-3-1-2-4-9-5(7)8;1-4(2)3/h4H,1-3,7H2,(H,11,12)(H4,8,9,10);1-4,6H2,(H4,7,8,9);1-2H/t4-;;/m0../s1. The van der Waals surface area contributed by atoms with Gasteiger partial charge < -0.3 is 48.3 Å². The number of hydrogen-bond acceptors (Lipinski definition) is 6. The molecule has 0 spiro atoms. The third-order valence-electron chi connectivity index (χ3n) is 2.27. The van der Waals surface area contributed by atoms with E-state index in [-0.39, 0.29) is 11.9 Å². The third kappa shape index (κ3) is 38.9. The number of unbranched alkanes of at least 4 members (excludes halogenated alkanes) is 1. The van der Waals surface area contributed by atoms with Crippen molar-refractivity contribution >= 4 is 27.1 Å². The molecule has 0 amide bonds. The summed E-state index contributed by atoms with van der Waals surface area (Å²) in [4.78, 5) is 24.5. The molecule has 0 unspecified atom stereocenters. The van der Waals surface area contributed by atoms with E-state index in [4.69, 9.17) is 52.9 Å². The molecule has 14 heteroatoms. The van der Waals surface area contributed by atoms with Gasteiger partial charge in [-0.3, -0.25) is 20.1 Å². The van der Waals surface area contributed by atoms with Gasteiger partial charge in [0.2, 0.25) is 0 Å². The Kier molecular flexibility index (Phi) is 21.5. The Hall–Kier alpha value is -2.45. The molecule has 0 aliphatic rings. The van der Waals surface area contributed by atoms with Crippen molar-refractivity contribution in [3.05, 3.63) is 0 Å². The first-order chi connectivity index (χ1) is 11.5. The lowest BCUT2D eigenvalue weighted by molar-refractivity contribution is -0.138. The number of guanidine groups is 2. The molecular formula is C11H30N8O5Si. The van der Waals surface area contributed by atoms with Crippen LogP contribution in [0.3, 0.4) is 0 Å². The van der Waals surface area contributed by atoms with Gasteiger partial charge in [-0.25, -0.2) is 0 Å². The number of nitrogens with one attached hydrogen (secondary N) is 4. The maximum absolute atomic E-state index is 10.2. The molecule has 0 aromatic carbocycles. The van der Waals surface area contributed by atoms with E-state index in [1.807, 2.05) is 0 Å². The van der Waals surface area contributed by atoms with Crippen LogP contribution in [0.1, 0.15) is 25.7 Å². The second-order valence-electron chi connectivity index (χ2n) is 4.55. The summed E-state index contributed by atoms with van der Waals surface area (Å²) < 4.78 is 8.74. The van der Waals surface area contributed by atoms with Crippen LogP contribution in [0.25, 0.3) is 0 Å². The van der Waals surface area contributed by atoms with Gasteiger partial charge in [-0.15, -0.1) is 0 Å². The zero-order valence-corrected chi connectivity index (χ0v) is 15.0. The monoisotopic (exact) mass is 382 g/mol. The van der Waals surface area contributed by atoms with Gasteiger partial charge in [-0.1, -0.05) is 0 Å². The SMILES string of the molecule is N=C(N)NCCCCN.N=C(N)NCCC[C@H](N)C(=O)O.O=[Si](O)O. The van der Waals surface area contributed by atoms with Crippen LogP contribution >= 0.6 is 0 Å². The third-order valence-corrected chi connectivity index (χ3v) is 2.27. The maximum atomic E-state index is 10.2. The van der Waals surface area contributed by atoms with E-state index in [1.165, 1.54) is 0 Å². The molecule has 0 aromatic rings. The largest absolute Gasteiger partial charge is 0.761 e. The molecule has 148 valence electrons. The van der Waals surface area contributed by atoms with Crippen molar-refractivity contribution in [2.24, 2.45) is 22.9 Å². The van der Waals surface area contributed by atoms with Gasteiger partial charge in [0.25, 0.3) is 0 Å². The summed E-state index contributed by atoms with van der Waals surface area (Å²) >= 11 is 0. The molecule has 13 nitrogen and oxygen atoms in total. The highest BCUT2D eigenvalue weighted by Gasteiger charge is 2.09. The van der Waals surface area contributed by atoms with Crippen LogP contribution in [-0.4, -0.2) is 67.4 Å². The number of aliphatic carboxylic acids is 1. The van der Waals surface area contributed by atoms with Gasteiger partial charge in [0.15, 0.2) is 11.9 Å². The number of nitrogens with two attached hydrogens (primary N) is 4. The molecule has 0 saturated carbocycles. The lowest BCUT2D eigenvalue weighted by atomic mass is 10.2. The molecule has 15 N–H and O–H groups in total. The summed E-state index contributed by atoms with van der Waals surface area (Å²) in [5.74, 6) is -1.08. The first kappa shape index (κ1) is 27.4. The summed E-state index contributed by atoms with van der Waals surface area (Å²) in [6.07, 6.45) is 2.94. The van der Waals surface area contributed by atoms with Crippen molar-refractivity contribution in [1.29, 1.82) is 10.8 Å². The van der Waals surface area contributed by atoms with Crippen molar-refractivity contribution < 1.29 is 24.0 Å². The van der Waals surface area contributed by atoms with Crippen LogP contribution in [0.2, 0.25) is 0 Å². The van der Waals surface area contributed by atoms with Crippen molar-refractivity contribution in [3.8, 4) is 0 Å². The maximum Gasteiger partial charge on any atom is 0.761 e. The van der Waals surface area contributed by atoms with E-state index in [0.717, 1.165) is 19.4 Å². The predicted octanol–water partition coefficient (Wildman–Crippen LogP) is -3.74. The van der Waals surface area contributed by atoms with Crippen molar-refractivity contribution in [2.75, 3.05) is 19.6 Å². The minimum Gasteiger partial charge on any atom is -0.511 e. The Bertz CT molecular complexity index is 395. The Labute approximate surface area is 147 Å². The molecule has 0 rings (SSSR count). The fourth-order valence-electron chi connectivity index (χ4n) is 1.16. The highest BCUT2D eigenvalue weighted by atomic mass is 28.3. The van der Waals surface area contributed by atoms with Crippen molar-refractivity contribution in [3.63, 3.8) is 0 Å². The minimum absolute atomic E-state index is 0.0343. The summed E-state index contributed by atoms with van der Waals surface area (Å²) in [5.41, 5.74) is 20.5. The van der Waals surface area contributed by atoms with Gasteiger partial charge in [-0.2, -0.15) is 0 Å². The van der Waals surface area contributed by atoms with Crippen LogP contribution in [0.4, 0.5) is 0 Å². The second kappa shape index (κ2) is 19.6. The fourth-order valence-corrected chi connectivity index (χ4v) is 1.16. The predicted molar refractivity (Wildman–Crippen MR) is 93.8 cm³/mol. The molecule has 0 saturated heterocycles. The molecule has 1 atom stereocenters. The topological polar surface area (TPSA) is 271 Å². The Morgan fingerprint density at radius 3 is 1.76 bits per heavy atom. The smallest absolute Gasteiger partial charge is 0.511 e. The normalized spacial score (nSPS) is 10.0. The van der Waals surface area contributed by atoms with Crippen LogP contribution in [0.5, 0.6) is 0 Å². The Morgan fingerprint density at radius 1 is 1.04 bits per heavy atom. The second-order valence-corrected chi connectivity index (χ2v) is 5.11. The van der Waals surface area contributed by atoms with Crippen molar-refractivity contribution in [1.82, 2.24) is 10.6 Å². The number of carboxylic acid groups (broad SMARTS) is 1. The van der Waals surface area contributed by atoms with Gasteiger partial charge in [0.1, 0.15) is 6.04 Å². The van der Waals surface area contributed by atoms with Gasteiger partial charge >= 0.3 is 15.1 Å². The summed E-state index contributed by atoms with van der Waals surface area (Å²) in [5, 5.41) is 27.2. The van der Waals surface area contributed by atoms with Crippen molar-refractivity contribution in [2.45, 2.75) is 31.7 Å². The van der Waals surface area contributed by atoms with E-state index in [9.17, 15) is 4.79 Å². The number of hydrogen-bond donors (Lipinski definition) is 11. The first-order valence-corrected chi connectivity index (χ1v) is 8.60. The quantitative estimate of drug-likeness (QED) is 0.0797. The summed E-state index contributed by atoms with van der Waals surface area (Å²) in [7, 11) is -3.13. The lowest BCUT2D eigenvalue weighted by Crippen LogP contribution is -2.34. The van der Waals surface area contributed by atoms with E-state index < -0.39 is 21.2 Å². The van der Waals surface area contributed by atoms with Gasteiger partial charge in [0, 0.05) is 13.1 Å². The molecule has 0 heterocycles. The van der Waals surface area contributed by atoms with E-state index in [0.29, 0.717) is 25.9 Å². The van der Waals surface area contributed by atoms with E-state index in [1.54, 1.807) is 0 Å². The number of carboxylic acids is 1. The molecule has 0 aliphatic carbocycles. The molecular weight excluding hydrogens is 352 g/mol. The number of rotatable bonds is 9. The molecule has 0 bridgehead atoms. The average Bonchev–Trinajstić information content (AvgIpc) is 2.47. The molecule has 0 aliphatic heterocycles. The zero-order valence-electron chi connectivity index (χ0n) is 14.0. The molecule has 0 fully saturated rings. The molecule has 0 aromatic heterocycles. The Balaban J connectivity index is -0.000000328. The van der Waals surface area contributed by atoms with Crippen LogP contribution in [0.15, 0.2) is 0 Å². The lowest BCUT2D eigenvalue weighted by Gasteiger charge is -2.06. The Morgan fingerprint density at radius 2 is 1.44 bits per heavy atom. The molecule has 25 heavy (non-hydrogen) atoms.